The van der Waals surface area contributed by atoms with Crippen molar-refractivity contribution in [1.29, 1.82) is 0 Å². The fraction of sp³-hybridized carbons (Fsp3) is 0.556. The summed E-state index contributed by atoms with van der Waals surface area (Å²) in [4.78, 5) is 28.4. The van der Waals surface area contributed by atoms with Gasteiger partial charge in [-0.2, -0.15) is 0 Å². The van der Waals surface area contributed by atoms with Crippen LogP contribution in [0.15, 0.2) is 24.3 Å². The van der Waals surface area contributed by atoms with Gasteiger partial charge in [0.1, 0.15) is 0 Å². The highest BCUT2D eigenvalue weighted by Crippen LogP contribution is 2.33. The van der Waals surface area contributed by atoms with E-state index in [4.69, 9.17) is 4.74 Å². The molecule has 5 heteroatoms. The molecule has 0 aliphatic carbocycles. The van der Waals surface area contributed by atoms with Gasteiger partial charge in [-0.1, -0.05) is 31.2 Å². The standard InChI is InChI=1S/C18H24N2O3/c1-3-13-4-6-14(7-5-13)10-19-11-15-16(12-19)18(22)20(17(15)21)8-9-23-2/h4-7,15-16H,3,8-12H2,1-2H3/t15-,16+. The monoisotopic (exact) mass is 316 g/mol. The Morgan fingerprint density at radius 1 is 1.04 bits per heavy atom. The van der Waals surface area contributed by atoms with Crippen molar-refractivity contribution in [2.24, 2.45) is 11.8 Å². The molecule has 1 aromatic rings. The minimum absolute atomic E-state index is 0.0270. The highest BCUT2D eigenvalue weighted by molar-refractivity contribution is 6.05. The van der Waals surface area contributed by atoms with Crippen molar-refractivity contribution in [3.63, 3.8) is 0 Å². The number of ether oxygens (including phenoxy) is 1. The molecule has 0 radical (unpaired) electrons. The summed E-state index contributed by atoms with van der Waals surface area (Å²) in [6, 6.07) is 8.58. The number of hydrogen-bond acceptors (Lipinski definition) is 4. The lowest BCUT2D eigenvalue weighted by Crippen LogP contribution is -2.37. The first-order valence-electron chi connectivity index (χ1n) is 8.28. The molecule has 23 heavy (non-hydrogen) atoms. The molecule has 1 aromatic carbocycles. The Balaban J connectivity index is 1.61. The van der Waals surface area contributed by atoms with Crippen molar-refractivity contribution >= 4 is 11.8 Å². The smallest absolute Gasteiger partial charge is 0.234 e. The molecule has 0 spiro atoms. The number of imide groups is 1. The summed E-state index contributed by atoms with van der Waals surface area (Å²) in [6.45, 7) is 5.07. The van der Waals surface area contributed by atoms with Gasteiger partial charge < -0.3 is 4.74 Å². The van der Waals surface area contributed by atoms with Crippen LogP contribution in [-0.2, 0) is 27.3 Å². The predicted octanol–water partition coefficient (Wildman–Crippen LogP) is 1.31. The van der Waals surface area contributed by atoms with Crippen LogP contribution >= 0.6 is 0 Å². The molecule has 2 aliphatic rings. The zero-order valence-corrected chi connectivity index (χ0v) is 13.8. The number of rotatable bonds is 6. The van der Waals surface area contributed by atoms with E-state index in [0.29, 0.717) is 26.2 Å². The second-order valence-corrected chi connectivity index (χ2v) is 6.40. The quantitative estimate of drug-likeness (QED) is 0.743. The van der Waals surface area contributed by atoms with Gasteiger partial charge in [-0.05, 0) is 17.5 Å². The normalized spacial score (nSPS) is 24.5. The van der Waals surface area contributed by atoms with Crippen LogP contribution in [0.2, 0.25) is 0 Å². The molecule has 2 atom stereocenters. The van der Waals surface area contributed by atoms with Gasteiger partial charge in [0.05, 0.1) is 25.0 Å². The lowest BCUT2D eigenvalue weighted by atomic mass is 10.00. The number of carbonyl (C=O) groups is 2. The average molecular weight is 316 g/mol. The average Bonchev–Trinajstić information content (AvgIpc) is 3.07. The molecule has 2 saturated heterocycles. The maximum Gasteiger partial charge on any atom is 0.234 e. The highest BCUT2D eigenvalue weighted by atomic mass is 16.5. The van der Waals surface area contributed by atoms with Gasteiger partial charge in [-0.25, -0.2) is 0 Å². The van der Waals surface area contributed by atoms with Crippen molar-refractivity contribution in [3.05, 3.63) is 35.4 Å². The maximum atomic E-state index is 12.4. The molecule has 0 bridgehead atoms. The Kier molecular flexibility index (Phi) is 4.78. The van der Waals surface area contributed by atoms with Crippen LogP contribution in [0.25, 0.3) is 0 Å². The van der Waals surface area contributed by atoms with Crippen LogP contribution < -0.4 is 0 Å². The van der Waals surface area contributed by atoms with E-state index in [1.807, 2.05) is 0 Å². The van der Waals surface area contributed by atoms with Crippen LogP contribution in [-0.4, -0.2) is 55.0 Å². The van der Waals surface area contributed by atoms with E-state index in [0.717, 1.165) is 13.0 Å². The minimum atomic E-state index is -0.172. The molecule has 0 aromatic heterocycles. The third-order valence-electron chi connectivity index (χ3n) is 4.92. The summed E-state index contributed by atoms with van der Waals surface area (Å²) in [5, 5.41) is 0. The third kappa shape index (κ3) is 3.16. The van der Waals surface area contributed by atoms with Gasteiger partial charge in [0.15, 0.2) is 0 Å². The lowest BCUT2D eigenvalue weighted by Gasteiger charge is -2.20. The predicted molar refractivity (Wildman–Crippen MR) is 86.7 cm³/mol. The summed E-state index contributed by atoms with van der Waals surface area (Å²) < 4.78 is 4.99. The van der Waals surface area contributed by atoms with E-state index in [-0.39, 0.29) is 23.7 Å². The second-order valence-electron chi connectivity index (χ2n) is 6.40. The first kappa shape index (κ1) is 16.1. The highest BCUT2D eigenvalue weighted by Gasteiger charge is 2.51. The van der Waals surface area contributed by atoms with E-state index in [1.54, 1.807) is 7.11 Å². The van der Waals surface area contributed by atoms with Crippen LogP contribution in [0.4, 0.5) is 0 Å². The van der Waals surface area contributed by atoms with Gasteiger partial charge in [0.2, 0.25) is 11.8 Å². The van der Waals surface area contributed by atoms with Crippen LogP contribution in [0, 0.1) is 11.8 Å². The summed E-state index contributed by atoms with van der Waals surface area (Å²) >= 11 is 0. The first-order chi connectivity index (χ1) is 11.1. The van der Waals surface area contributed by atoms with E-state index < -0.39 is 0 Å². The molecule has 5 nitrogen and oxygen atoms in total. The molecule has 0 saturated carbocycles. The summed E-state index contributed by atoms with van der Waals surface area (Å²) in [5.74, 6) is -0.398. The van der Waals surface area contributed by atoms with Gasteiger partial charge in [-0.15, -0.1) is 0 Å². The van der Waals surface area contributed by atoms with Crippen molar-refractivity contribution in [1.82, 2.24) is 9.80 Å². The Labute approximate surface area is 137 Å². The zero-order chi connectivity index (χ0) is 16.4. The fourth-order valence-electron chi connectivity index (χ4n) is 3.57. The summed E-state index contributed by atoms with van der Waals surface area (Å²) in [5.41, 5.74) is 2.56. The number of aryl methyl sites for hydroxylation is 1. The number of fused-ring (bicyclic) bond motifs is 1. The first-order valence-corrected chi connectivity index (χ1v) is 8.28. The molecule has 0 N–H and O–H groups in total. The molecule has 3 rings (SSSR count). The molecular formula is C18H24N2O3. The molecular weight excluding hydrogens is 292 g/mol. The molecule has 0 unspecified atom stereocenters. The largest absolute Gasteiger partial charge is 0.383 e. The molecule has 2 aliphatic heterocycles. The van der Waals surface area contributed by atoms with Gasteiger partial charge >= 0.3 is 0 Å². The number of amides is 2. The second kappa shape index (κ2) is 6.81. The Bertz CT molecular complexity index is 560. The van der Waals surface area contributed by atoms with Crippen molar-refractivity contribution in [2.45, 2.75) is 19.9 Å². The van der Waals surface area contributed by atoms with Gasteiger partial charge in [0, 0.05) is 26.7 Å². The summed E-state index contributed by atoms with van der Waals surface area (Å²) in [7, 11) is 1.58. The molecule has 124 valence electrons. The van der Waals surface area contributed by atoms with Crippen molar-refractivity contribution in [3.8, 4) is 0 Å². The van der Waals surface area contributed by atoms with Crippen molar-refractivity contribution in [2.75, 3.05) is 33.4 Å². The SMILES string of the molecule is CCc1ccc(CN2C[C@@H]3C(=O)N(CCOC)C(=O)[C@@H]3C2)cc1. The number of benzene rings is 1. The molecule has 2 heterocycles. The fourth-order valence-corrected chi connectivity index (χ4v) is 3.57. The number of methoxy groups -OCH3 is 1. The van der Waals surface area contributed by atoms with E-state index in [1.165, 1.54) is 16.0 Å². The number of hydrogen-bond donors (Lipinski definition) is 0. The van der Waals surface area contributed by atoms with Gasteiger partial charge in [0.25, 0.3) is 0 Å². The van der Waals surface area contributed by atoms with E-state index in [2.05, 4.69) is 36.1 Å². The zero-order valence-electron chi connectivity index (χ0n) is 13.8. The Morgan fingerprint density at radius 2 is 1.61 bits per heavy atom. The van der Waals surface area contributed by atoms with Gasteiger partial charge in [-0.3, -0.25) is 19.4 Å². The van der Waals surface area contributed by atoms with Crippen LogP contribution in [0.1, 0.15) is 18.1 Å². The van der Waals surface area contributed by atoms with E-state index >= 15 is 0 Å². The number of carbonyl (C=O) groups excluding carboxylic acids is 2. The Hall–Kier alpha value is -1.72. The molecule has 2 amide bonds. The Morgan fingerprint density at radius 3 is 2.13 bits per heavy atom. The van der Waals surface area contributed by atoms with Crippen LogP contribution in [0.5, 0.6) is 0 Å². The maximum absolute atomic E-state index is 12.4. The number of likely N-dealkylation sites (tertiary alicyclic amines) is 2. The molecule has 2 fully saturated rings. The lowest BCUT2D eigenvalue weighted by molar-refractivity contribution is -0.141. The van der Waals surface area contributed by atoms with Crippen molar-refractivity contribution < 1.29 is 14.3 Å². The summed E-state index contributed by atoms with van der Waals surface area (Å²) in [6.07, 6.45) is 1.04. The minimum Gasteiger partial charge on any atom is -0.383 e. The topological polar surface area (TPSA) is 49.9 Å². The van der Waals surface area contributed by atoms with E-state index in [9.17, 15) is 9.59 Å². The number of nitrogens with zero attached hydrogens (tertiary/aromatic N) is 2. The third-order valence-corrected chi connectivity index (χ3v) is 4.92. The van der Waals surface area contributed by atoms with Crippen LogP contribution in [0.3, 0.4) is 0 Å².